The van der Waals surface area contributed by atoms with E-state index >= 15 is 0 Å². The van der Waals surface area contributed by atoms with Crippen molar-refractivity contribution in [3.05, 3.63) is 35.4 Å². The van der Waals surface area contributed by atoms with E-state index in [-0.39, 0.29) is 36.7 Å². The van der Waals surface area contributed by atoms with Crippen molar-refractivity contribution >= 4 is 24.2 Å². The quantitative estimate of drug-likeness (QED) is 0.745. The summed E-state index contributed by atoms with van der Waals surface area (Å²) in [6.07, 6.45) is 0.187. The first kappa shape index (κ1) is 20.4. The second-order valence-corrected chi connectivity index (χ2v) is 6.00. The maximum absolute atomic E-state index is 12.1. The normalized spacial score (nSPS) is 12.0. The lowest BCUT2D eigenvalue weighted by Crippen LogP contribution is -2.49. The van der Waals surface area contributed by atoms with Crippen LogP contribution < -0.4 is 16.4 Å². The van der Waals surface area contributed by atoms with E-state index in [0.29, 0.717) is 6.54 Å². The minimum absolute atomic E-state index is 0. The van der Waals surface area contributed by atoms with Crippen LogP contribution in [0.15, 0.2) is 24.3 Å². The highest BCUT2D eigenvalue weighted by Gasteiger charge is 2.22. The molecular formula is C16H26ClN3O2. The van der Waals surface area contributed by atoms with E-state index in [2.05, 4.69) is 10.6 Å². The summed E-state index contributed by atoms with van der Waals surface area (Å²) in [6.45, 7) is 7.53. The predicted octanol–water partition coefficient (Wildman–Crippen LogP) is 1.84. The minimum Gasteiger partial charge on any atom is -0.350 e. The molecule has 22 heavy (non-hydrogen) atoms. The molecule has 4 N–H and O–H groups in total. The number of benzene rings is 1. The summed E-state index contributed by atoms with van der Waals surface area (Å²) in [5, 5.41) is 5.69. The molecule has 0 heterocycles. The maximum Gasteiger partial charge on any atom is 0.222 e. The number of halogens is 1. The largest absolute Gasteiger partial charge is 0.350 e. The molecule has 1 aromatic rings. The van der Waals surface area contributed by atoms with Gasteiger partial charge in [0.05, 0.1) is 12.5 Å². The molecule has 1 aromatic carbocycles. The molecule has 6 heteroatoms. The zero-order valence-corrected chi connectivity index (χ0v) is 14.4. The molecule has 0 fully saturated rings. The molecule has 0 aromatic heterocycles. The summed E-state index contributed by atoms with van der Waals surface area (Å²) < 4.78 is 0. The first-order valence-corrected chi connectivity index (χ1v) is 7.08. The van der Waals surface area contributed by atoms with Crippen LogP contribution in [0.4, 0.5) is 0 Å². The van der Waals surface area contributed by atoms with Gasteiger partial charge in [-0.1, -0.05) is 29.8 Å². The summed E-state index contributed by atoms with van der Waals surface area (Å²) in [6, 6.07) is 7.45. The summed E-state index contributed by atoms with van der Waals surface area (Å²) in [5.41, 5.74) is 7.20. The third-order valence-corrected chi connectivity index (χ3v) is 3.23. The van der Waals surface area contributed by atoms with Gasteiger partial charge in [0.2, 0.25) is 11.8 Å². The van der Waals surface area contributed by atoms with E-state index in [1.54, 1.807) is 0 Å². The summed E-state index contributed by atoms with van der Waals surface area (Å²) in [7, 11) is 0. The molecule has 1 unspecified atom stereocenters. The van der Waals surface area contributed by atoms with Crippen molar-refractivity contribution in [1.82, 2.24) is 10.6 Å². The van der Waals surface area contributed by atoms with Crippen LogP contribution in [0.5, 0.6) is 0 Å². The number of hydrogen-bond donors (Lipinski definition) is 3. The topological polar surface area (TPSA) is 84.2 Å². The van der Waals surface area contributed by atoms with Crippen molar-refractivity contribution in [2.75, 3.05) is 6.54 Å². The van der Waals surface area contributed by atoms with Gasteiger partial charge in [-0.25, -0.2) is 0 Å². The third kappa shape index (κ3) is 6.91. The summed E-state index contributed by atoms with van der Waals surface area (Å²) in [4.78, 5) is 23.5. The lowest BCUT2D eigenvalue weighted by molar-refractivity contribution is -0.124. The fraction of sp³-hybridized carbons (Fsp3) is 0.500. The highest BCUT2D eigenvalue weighted by molar-refractivity contribution is 5.85. The number of hydrogen-bond acceptors (Lipinski definition) is 3. The average Bonchev–Trinajstić information content (AvgIpc) is 2.37. The van der Waals surface area contributed by atoms with Gasteiger partial charge in [0.1, 0.15) is 0 Å². The number of carbonyl (C=O) groups excluding carboxylic acids is 2. The van der Waals surface area contributed by atoms with E-state index in [1.165, 1.54) is 6.92 Å². The van der Waals surface area contributed by atoms with Gasteiger partial charge in [-0.2, -0.15) is 0 Å². The third-order valence-electron chi connectivity index (χ3n) is 3.23. The van der Waals surface area contributed by atoms with Crippen molar-refractivity contribution in [2.45, 2.75) is 45.7 Å². The SMILES string of the molecule is CC(=O)NC(CC(=O)NC(C)(C)CN)c1ccc(C)cc1.Cl. The zero-order chi connectivity index (χ0) is 16.0. The Hall–Kier alpha value is -1.59. The van der Waals surface area contributed by atoms with Crippen LogP contribution in [0.2, 0.25) is 0 Å². The van der Waals surface area contributed by atoms with E-state index in [0.717, 1.165) is 11.1 Å². The van der Waals surface area contributed by atoms with Crippen molar-refractivity contribution in [3.63, 3.8) is 0 Å². The number of nitrogens with two attached hydrogens (primary N) is 1. The molecule has 0 radical (unpaired) electrons. The number of carbonyl (C=O) groups is 2. The Labute approximate surface area is 138 Å². The molecule has 0 aliphatic carbocycles. The maximum atomic E-state index is 12.1. The van der Waals surface area contributed by atoms with Crippen molar-refractivity contribution in [3.8, 4) is 0 Å². The van der Waals surface area contributed by atoms with Gasteiger partial charge in [0, 0.05) is 19.0 Å². The van der Waals surface area contributed by atoms with Gasteiger partial charge in [0.25, 0.3) is 0 Å². The Balaban J connectivity index is 0.00000441. The Morgan fingerprint density at radius 2 is 1.77 bits per heavy atom. The summed E-state index contributed by atoms with van der Waals surface area (Å²) >= 11 is 0. The molecule has 0 saturated heterocycles. The molecule has 0 aliphatic rings. The highest BCUT2D eigenvalue weighted by Crippen LogP contribution is 2.18. The van der Waals surface area contributed by atoms with Crippen molar-refractivity contribution < 1.29 is 9.59 Å². The Kier molecular flexibility index (Phi) is 8.12. The van der Waals surface area contributed by atoms with Gasteiger partial charge < -0.3 is 16.4 Å². The second kappa shape index (κ2) is 8.76. The lowest BCUT2D eigenvalue weighted by atomic mass is 10.0. The molecular weight excluding hydrogens is 302 g/mol. The van der Waals surface area contributed by atoms with Crippen LogP contribution in [0.25, 0.3) is 0 Å². The number of nitrogens with one attached hydrogen (secondary N) is 2. The molecule has 2 amide bonds. The highest BCUT2D eigenvalue weighted by atomic mass is 35.5. The van der Waals surface area contributed by atoms with Crippen LogP contribution in [-0.4, -0.2) is 23.9 Å². The van der Waals surface area contributed by atoms with Crippen molar-refractivity contribution in [2.24, 2.45) is 5.73 Å². The van der Waals surface area contributed by atoms with Crippen LogP contribution in [0, 0.1) is 6.92 Å². The van der Waals surface area contributed by atoms with E-state index in [9.17, 15) is 9.59 Å². The van der Waals surface area contributed by atoms with Crippen LogP contribution in [0.3, 0.4) is 0 Å². The first-order valence-electron chi connectivity index (χ1n) is 7.08. The molecule has 0 aliphatic heterocycles. The van der Waals surface area contributed by atoms with E-state index in [4.69, 9.17) is 5.73 Å². The number of rotatable bonds is 6. The fourth-order valence-corrected chi connectivity index (χ4v) is 1.96. The molecule has 1 atom stereocenters. The average molecular weight is 328 g/mol. The van der Waals surface area contributed by atoms with E-state index in [1.807, 2.05) is 45.0 Å². The summed E-state index contributed by atoms with van der Waals surface area (Å²) in [5.74, 6) is -0.295. The van der Waals surface area contributed by atoms with Crippen molar-refractivity contribution in [1.29, 1.82) is 0 Å². The standard InChI is InChI=1S/C16H25N3O2.ClH/c1-11-5-7-13(8-6-11)14(18-12(2)20)9-15(21)19-16(3,4)10-17;/h5-8,14H,9-10,17H2,1-4H3,(H,18,20)(H,19,21);1H. The van der Waals surface area contributed by atoms with E-state index < -0.39 is 5.54 Å². The van der Waals surface area contributed by atoms with Crippen LogP contribution >= 0.6 is 12.4 Å². The Bertz CT molecular complexity index is 501. The van der Waals surface area contributed by atoms with Gasteiger partial charge in [-0.15, -0.1) is 12.4 Å². The minimum atomic E-state index is -0.453. The zero-order valence-electron chi connectivity index (χ0n) is 13.6. The van der Waals surface area contributed by atoms with Gasteiger partial charge in [-0.3, -0.25) is 9.59 Å². The van der Waals surface area contributed by atoms with Crippen LogP contribution in [0.1, 0.15) is 44.4 Å². The molecule has 0 spiro atoms. The predicted molar refractivity (Wildman–Crippen MR) is 90.9 cm³/mol. The Morgan fingerprint density at radius 1 is 1.23 bits per heavy atom. The smallest absolute Gasteiger partial charge is 0.222 e. The first-order chi connectivity index (χ1) is 9.73. The van der Waals surface area contributed by atoms with Gasteiger partial charge in [0.15, 0.2) is 0 Å². The molecule has 0 saturated carbocycles. The Morgan fingerprint density at radius 3 is 2.23 bits per heavy atom. The fourth-order valence-electron chi connectivity index (χ4n) is 1.96. The molecule has 5 nitrogen and oxygen atoms in total. The second-order valence-electron chi connectivity index (χ2n) is 6.00. The molecule has 124 valence electrons. The lowest BCUT2D eigenvalue weighted by Gasteiger charge is -2.26. The van der Waals surface area contributed by atoms with Gasteiger partial charge >= 0.3 is 0 Å². The molecule has 1 rings (SSSR count). The number of amides is 2. The number of aryl methyl sites for hydroxylation is 1. The van der Waals surface area contributed by atoms with Crippen LogP contribution in [-0.2, 0) is 9.59 Å². The molecule has 0 bridgehead atoms. The van der Waals surface area contributed by atoms with Gasteiger partial charge in [-0.05, 0) is 26.3 Å². The monoisotopic (exact) mass is 327 g/mol.